The number of H-pyrrole nitrogens is 1. The first-order valence-electron chi connectivity index (χ1n) is 11.4. The largest absolute Gasteiger partial charge is 0.345 e. The molecule has 1 aliphatic heterocycles. The van der Waals surface area contributed by atoms with Crippen molar-refractivity contribution < 1.29 is 9.59 Å². The maximum absolute atomic E-state index is 13.1. The highest BCUT2D eigenvalue weighted by molar-refractivity contribution is 5.97. The van der Waals surface area contributed by atoms with Gasteiger partial charge in [0.1, 0.15) is 5.82 Å². The number of aryl methyl sites for hydroxylation is 1. The fourth-order valence-electron chi connectivity index (χ4n) is 4.41. The number of likely N-dealkylation sites (N-methyl/N-ethyl adjacent to an activating group) is 1. The van der Waals surface area contributed by atoms with E-state index in [9.17, 15) is 9.59 Å². The van der Waals surface area contributed by atoms with Gasteiger partial charge in [0.15, 0.2) is 0 Å². The van der Waals surface area contributed by atoms with Gasteiger partial charge >= 0.3 is 0 Å². The van der Waals surface area contributed by atoms with Crippen molar-refractivity contribution in [3.05, 3.63) is 59.7 Å². The van der Waals surface area contributed by atoms with Gasteiger partial charge in [0.25, 0.3) is 5.91 Å². The van der Waals surface area contributed by atoms with Crippen LogP contribution in [0.15, 0.2) is 42.6 Å². The molecule has 1 aliphatic rings. The van der Waals surface area contributed by atoms with E-state index in [0.717, 1.165) is 54.8 Å². The minimum absolute atomic E-state index is 0.0580. The van der Waals surface area contributed by atoms with Crippen LogP contribution in [0.1, 0.15) is 47.6 Å². The van der Waals surface area contributed by atoms with E-state index in [1.54, 1.807) is 11.1 Å². The van der Waals surface area contributed by atoms with Crippen molar-refractivity contribution in [3.63, 3.8) is 0 Å². The highest BCUT2D eigenvalue weighted by Gasteiger charge is 2.25. The van der Waals surface area contributed by atoms with Gasteiger partial charge in [-0.15, -0.1) is 0 Å². The molecule has 168 valence electrons. The molecule has 2 amide bonds. The number of piperidine rings is 1. The predicted molar refractivity (Wildman–Crippen MR) is 124 cm³/mol. The zero-order chi connectivity index (χ0) is 22.5. The van der Waals surface area contributed by atoms with Crippen LogP contribution < -0.4 is 0 Å². The number of fused-ring (bicyclic) bond motifs is 1. The normalized spacial score (nSPS) is 16.3. The summed E-state index contributed by atoms with van der Waals surface area (Å²) in [6.45, 7) is 4.06. The molecular formula is C25H31N5O2. The fraction of sp³-hybridized carbons (Fsp3) is 0.440. The Kier molecular flexibility index (Phi) is 6.83. The molecule has 2 aromatic heterocycles. The first kappa shape index (κ1) is 22.0. The van der Waals surface area contributed by atoms with Crippen molar-refractivity contribution >= 4 is 22.8 Å². The molecule has 4 rings (SSSR count). The molecule has 0 saturated carbocycles. The lowest BCUT2D eigenvalue weighted by molar-refractivity contribution is -0.130. The maximum Gasteiger partial charge on any atom is 0.253 e. The molecule has 1 aromatic carbocycles. The fourth-order valence-corrected chi connectivity index (χ4v) is 4.41. The third-order valence-electron chi connectivity index (χ3n) is 6.28. The number of hydrogen-bond donors (Lipinski definition) is 1. The summed E-state index contributed by atoms with van der Waals surface area (Å²) in [5, 5.41) is 0. The Balaban J connectivity index is 1.27. The number of rotatable bonds is 7. The molecule has 0 spiro atoms. The molecule has 0 aliphatic carbocycles. The van der Waals surface area contributed by atoms with Gasteiger partial charge < -0.3 is 14.8 Å². The molecule has 1 N–H and O–H groups in total. The number of imidazole rings is 1. The zero-order valence-corrected chi connectivity index (χ0v) is 18.9. The van der Waals surface area contributed by atoms with Crippen molar-refractivity contribution in [2.45, 2.75) is 39.0 Å². The summed E-state index contributed by atoms with van der Waals surface area (Å²) in [5.41, 5.74) is 3.45. The van der Waals surface area contributed by atoms with Crippen LogP contribution in [0.5, 0.6) is 0 Å². The van der Waals surface area contributed by atoms with Crippen molar-refractivity contribution in [3.8, 4) is 0 Å². The number of aromatic amines is 1. The van der Waals surface area contributed by atoms with Crippen molar-refractivity contribution in [2.75, 3.05) is 26.7 Å². The standard InChI is InChI=1S/C25H31N5O2/c1-18-27-22-10-9-20(16-23(22)28-18)25(32)30-14-5-6-19(17-30)8-11-24(31)29(2)15-12-21-7-3-4-13-26-21/h3-4,7,9-10,13,16,19H,5-6,8,11-12,14-15,17H2,1-2H3,(H,27,28). The molecule has 1 saturated heterocycles. The summed E-state index contributed by atoms with van der Waals surface area (Å²) >= 11 is 0. The van der Waals surface area contributed by atoms with Crippen LogP contribution in [0.2, 0.25) is 0 Å². The molecule has 7 nitrogen and oxygen atoms in total. The number of nitrogens with zero attached hydrogens (tertiary/aromatic N) is 4. The van der Waals surface area contributed by atoms with Crippen LogP contribution in [0, 0.1) is 12.8 Å². The Hall–Kier alpha value is -3.22. The van der Waals surface area contributed by atoms with E-state index in [0.29, 0.717) is 31.0 Å². The van der Waals surface area contributed by atoms with Gasteiger partial charge in [0.2, 0.25) is 5.91 Å². The second kappa shape index (κ2) is 9.94. The summed E-state index contributed by atoms with van der Waals surface area (Å²) in [7, 11) is 1.86. The summed E-state index contributed by atoms with van der Waals surface area (Å²) < 4.78 is 0. The molecule has 0 bridgehead atoms. The van der Waals surface area contributed by atoms with E-state index in [2.05, 4.69) is 15.0 Å². The third kappa shape index (κ3) is 5.33. The Bertz CT molecular complexity index is 1080. The van der Waals surface area contributed by atoms with Crippen LogP contribution in [-0.4, -0.2) is 63.2 Å². The molecule has 7 heteroatoms. The van der Waals surface area contributed by atoms with Crippen LogP contribution in [0.4, 0.5) is 0 Å². The topological polar surface area (TPSA) is 82.2 Å². The van der Waals surface area contributed by atoms with Gasteiger partial charge in [-0.05, 0) is 62.4 Å². The van der Waals surface area contributed by atoms with Crippen LogP contribution in [-0.2, 0) is 11.2 Å². The Morgan fingerprint density at radius 1 is 1.25 bits per heavy atom. The summed E-state index contributed by atoms with van der Waals surface area (Å²) in [6, 6.07) is 11.5. The number of nitrogens with one attached hydrogen (secondary N) is 1. The number of aromatic nitrogens is 3. The van der Waals surface area contributed by atoms with Gasteiger partial charge in [-0.3, -0.25) is 14.6 Å². The Labute approximate surface area is 188 Å². The van der Waals surface area contributed by atoms with Crippen molar-refractivity contribution in [2.24, 2.45) is 5.92 Å². The summed E-state index contributed by atoms with van der Waals surface area (Å²) in [4.78, 5) is 41.3. The minimum atomic E-state index is 0.0580. The summed E-state index contributed by atoms with van der Waals surface area (Å²) in [5.74, 6) is 1.42. The monoisotopic (exact) mass is 433 g/mol. The second-order valence-electron chi connectivity index (χ2n) is 8.74. The molecular weight excluding hydrogens is 402 g/mol. The number of carbonyl (C=O) groups excluding carboxylic acids is 2. The maximum atomic E-state index is 13.1. The highest BCUT2D eigenvalue weighted by Crippen LogP contribution is 2.24. The van der Waals surface area contributed by atoms with E-state index >= 15 is 0 Å². The number of hydrogen-bond acceptors (Lipinski definition) is 4. The van der Waals surface area contributed by atoms with E-state index in [-0.39, 0.29) is 11.8 Å². The van der Waals surface area contributed by atoms with E-state index in [1.807, 2.05) is 55.3 Å². The lowest BCUT2D eigenvalue weighted by Crippen LogP contribution is -2.40. The first-order valence-corrected chi connectivity index (χ1v) is 11.4. The molecule has 1 fully saturated rings. The predicted octanol–water partition coefficient (Wildman–Crippen LogP) is 3.60. The average Bonchev–Trinajstić information content (AvgIpc) is 3.20. The minimum Gasteiger partial charge on any atom is -0.345 e. The third-order valence-corrected chi connectivity index (χ3v) is 6.28. The number of carbonyl (C=O) groups is 2. The number of pyridine rings is 1. The van der Waals surface area contributed by atoms with Gasteiger partial charge in [-0.1, -0.05) is 6.07 Å². The quantitative estimate of drug-likeness (QED) is 0.617. The SMILES string of the molecule is Cc1nc2ccc(C(=O)N3CCCC(CCC(=O)N(C)CCc4ccccn4)C3)cc2[nH]1. The smallest absolute Gasteiger partial charge is 0.253 e. The van der Waals surface area contributed by atoms with Crippen LogP contribution >= 0.6 is 0 Å². The second-order valence-corrected chi connectivity index (χ2v) is 8.74. The van der Waals surface area contributed by atoms with E-state index in [1.165, 1.54) is 0 Å². The Morgan fingerprint density at radius 3 is 2.94 bits per heavy atom. The van der Waals surface area contributed by atoms with Crippen molar-refractivity contribution in [1.82, 2.24) is 24.8 Å². The summed E-state index contributed by atoms with van der Waals surface area (Å²) in [6.07, 6.45) is 5.91. The first-order chi connectivity index (χ1) is 15.5. The average molecular weight is 434 g/mol. The molecule has 1 unspecified atom stereocenters. The molecule has 1 atom stereocenters. The number of benzene rings is 1. The Morgan fingerprint density at radius 2 is 2.12 bits per heavy atom. The number of amides is 2. The van der Waals surface area contributed by atoms with Crippen molar-refractivity contribution in [1.29, 1.82) is 0 Å². The molecule has 3 heterocycles. The highest BCUT2D eigenvalue weighted by atomic mass is 16.2. The molecule has 32 heavy (non-hydrogen) atoms. The van der Waals surface area contributed by atoms with E-state index < -0.39 is 0 Å². The number of likely N-dealkylation sites (tertiary alicyclic amines) is 1. The lowest BCUT2D eigenvalue weighted by atomic mass is 9.92. The molecule has 0 radical (unpaired) electrons. The van der Waals surface area contributed by atoms with Gasteiger partial charge in [0, 0.05) is 57.0 Å². The molecule has 3 aromatic rings. The van der Waals surface area contributed by atoms with Crippen LogP contribution in [0.3, 0.4) is 0 Å². The lowest BCUT2D eigenvalue weighted by Gasteiger charge is -2.33. The zero-order valence-electron chi connectivity index (χ0n) is 18.9. The van der Waals surface area contributed by atoms with Crippen LogP contribution in [0.25, 0.3) is 11.0 Å². The van der Waals surface area contributed by atoms with E-state index in [4.69, 9.17) is 0 Å². The van der Waals surface area contributed by atoms with Gasteiger partial charge in [0.05, 0.1) is 11.0 Å². The van der Waals surface area contributed by atoms with Gasteiger partial charge in [-0.25, -0.2) is 4.98 Å². The van der Waals surface area contributed by atoms with Gasteiger partial charge in [-0.2, -0.15) is 0 Å².